The van der Waals surface area contributed by atoms with Crippen LogP contribution in [-0.4, -0.2) is 16.8 Å². The fourth-order valence-corrected chi connectivity index (χ4v) is 3.25. The molecule has 24 heavy (non-hydrogen) atoms. The van der Waals surface area contributed by atoms with Crippen molar-refractivity contribution in [1.82, 2.24) is 10.3 Å². The minimum atomic E-state index is -0.196. The second-order valence-electron chi connectivity index (χ2n) is 5.50. The molecule has 0 spiro atoms. The molecule has 1 heterocycles. The van der Waals surface area contributed by atoms with Crippen molar-refractivity contribution in [2.45, 2.75) is 20.4 Å². The largest absolute Gasteiger partial charge is 0.352 e. The zero-order valence-corrected chi connectivity index (χ0v) is 14.2. The summed E-state index contributed by atoms with van der Waals surface area (Å²) in [6.45, 7) is 3.93. The Labute approximate surface area is 143 Å². The van der Waals surface area contributed by atoms with E-state index in [4.69, 9.17) is 0 Å². The standard InChI is InChI=1S/C18H17N3O2S/c1-11-4-3-5-15-16(11)20-18(24-15)21-17(23)14-8-6-13(7-9-14)10-19-12(2)22/h3-9H,10H2,1-2H3,(H,19,22)(H,20,21,23). The molecule has 0 saturated heterocycles. The molecule has 0 atom stereocenters. The molecule has 3 rings (SSSR count). The first-order valence-electron chi connectivity index (χ1n) is 7.54. The summed E-state index contributed by atoms with van der Waals surface area (Å²) < 4.78 is 1.05. The average molecular weight is 339 g/mol. The molecular formula is C18H17N3O2S. The Bertz CT molecular complexity index is 900. The van der Waals surface area contributed by atoms with Crippen molar-refractivity contribution in [2.75, 3.05) is 5.32 Å². The number of nitrogens with one attached hydrogen (secondary N) is 2. The van der Waals surface area contributed by atoms with Crippen molar-refractivity contribution in [1.29, 1.82) is 0 Å². The number of aromatic nitrogens is 1. The van der Waals surface area contributed by atoms with Crippen molar-refractivity contribution in [3.05, 3.63) is 59.2 Å². The normalized spacial score (nSPS) is 10.6. The third kappa shape index (κ3) is 3.60. The van der Waals surface area contributed by atoms with Crippen LogP contribution >= 0.6 is 11.3 Å². The molecule has 0 fully saturated rings. The number of hydrogen-bond acceptors (Lipinski definition) is 4. The summed E-state index contributed by atoms with van der Waals surface area (Å²) in [6, 6.07) is 13.1. The van der Waals surface area contributed by atoms with Crippen LogP contribution in [0.25, 0.3) is 10.2 Å². The summed E-state index contributed by atoms with van der Waals surface area (Å²) in [4.78, 5) is 27.7. The molecule has 0 bridgehead atoms. The Kier molecular flexibility index (Phi) is 4.57. The molecule has 0 radical (unpaired) electrons. The third-order valence-corrected chi connectivity index (χ3v) is 4.53. The number of para-hydroxylation sites is 1. The molecule has 0 aliphatic rings. The smallest absolute Gasteiger partial charge is 0.257 e. The number of hydrogen-bond donors (Lipinski definition) is 2. The molecule has 1 aromatic heterocycles. The lowest BCUT2D eigenvalue weighted by Gasteiger charge is -2.05. The van der Waals surface area contributed by atoms with Crippen LogP contribution in [0.2, 0.25) is 0 Å². The van der Waals surface area contributed by atoms with E-state index in [9.17, 15) is 9.59 Å². The molecule has 3 aromatic rings. The Morgan fingerprint density at radius 2 is 1.88 bits per heavy atom. The zero-order valence-electron chi connectivity index (χ0n) is 13.4. The van der Waals surface area contributed by atoms with Crippen LogP contribution in [0.1, 0.15) is 28.4 Å². The van der Waals surface area contributed by atoms with Gasteiger partial charge in [0.05, 0.1) is 10.2 Å². The second kappa shape index (κ2) is 6.80. The monoisotopic (exact) mass is 339 g/mol. The number of nitrogens with zero attached hydrogens (tertiary/aromatic N) is 1. The molecule has 2 aromatic carbocycles. The second-order valence-corrected chi connectivity index (χ2v) is 6.53. The topological polar surface area (TPSA) is 71.1 Å². The van der Waals surface area contributed by atoms with Gasteiger partial charge in [-0.15, -0.1) is 0 Å². The van der Waals surface area contributed by atoms with Crippen LogP contribution in [0.4, 0.5) is 5.13 Å². The lowest BCUT2D eigenvalue weighted by atomic mass is 10.1. The number of carbonyl (C=O) groups is 2. The molecule has 2 N–H and O–H groups in total. The van der Waals surface area contributed by atoms with E-state index < -0.39 is 0 Å². The molecule has 5 nitrogen and oxygen atoms in total. The maximum absolute atomic E-state index is 12.3. The Morgan fingerprint density at radius 1 is 1.12 bits per heavy atom. The molecule has 0 aliphatic heterocycles. The number of carbonyl (C=O) groups excluding carboxylic acids is 2. The van der Waals surface area contributed by atoms with Crippen LogP contribution in [0.3, 0.4) is 0 Å². The van der Waals surface area contributed by atoms with Crippen molar-refractivity contribution < 1.29 is 9.59 Å². The zero-order chi connectivity index (χ0) is 17.1. The quantitative estimate of drug-likeness (QED) is 0.764. The summed E-state index contributed by atoms with van der Waals surface area (Å²) in [5.41, 5.74) is 3.50. The highest BCUT2D eigenvalue weighted by atomic mass is 32.1. The number of anilines is 1. The summed E-state index contributed by atoms with van der Waals surface area (Å²) >= 11 is 1.46. The molecule has 0 saturated carbocycles. The minimum absolute atomic E-state index is 0.0806. The maximum Gasteiger partial charge on any atom is 0.257 e. The van der Waals surface area contributed by atoms with E-state index in [0.29, 0.717) is 17.2 Å². The van der Waals surface area contributed by atoms with E-state index in [1.807, 2.05) is 37.3 Å². The number of fused-ring (bicyclic) bond motifs is 1. The number of benzene rings is 2. The third-order valence-electron chi connectivity index (χ3n) is 3.60. The Hall–Kier alpha value is -2.73. The van der Waals surface area contributed by atoms with E-state index in [1.165, 1.54) is 18.3 Å². The molecule has 2 amide bonds. The summed E-state index contributed by atoms with van der Waals surface area (Å²) in [5, 5.41) is 6.16. The van der Waals surface area contributed by atoms with Crippen LogP contribution in [0, 0.1) is 6.92 Å². The van der Waals surface area contributed by atoms with Gasteiger partial charge in [-0.1, -0.05) is 35.6 Å². The first kappa shape index (κ1) is 16.1. The number of amides is 2. The number of aryl methyl sites for hydroxylation is 1. The van der Waals surface area contributed by atoms with Gasteiger partial charge in [0.2, 0.25) is 5.91 Å². The van der Waals surface area contributed by atoms with Gasteiger partial charge in [-0.2, -0.15) is 0 Å². The summed E-state index contributed by atoms with van der Waals surface area (Å²) in [5.74, 6) is -0.277. The number of thiazole rings is 1. The van der Waals surface area contributed by atoms with Crippen LogP contribution in [0.5, 0.6) is 0 Å². The fraction of sp³-hybridized carbons (Fsp3) is 0.167. The van der Waals surface area contributed by atoms with Gasteiger partial charge in [-0.3, -0.25) is 14.9 Å². The van der Waals surface area contributed by atoms with E-state index in [0.717, 1.165) is 21.3 Å². The lowest BCUT2D eigenvalue weighted by Crippen LogP contribution is -2.19. The molecule has 122 valence electrons. The first-order chi connectivity index (χ1) is 11.5. The van der Waals surface area contributed by atoms with Crippen molar-refractivity contribution >= 4 is 38.5 Å². The maximum atomic E-state index is 12.3. The van der Waals surface area contributed by atoms with Gasteiger partial charge in [0.15, 0.2) is 5.13 Å². The van der Waals surface area contributed by atoms with Gasteiger partial charge in [0, 0.05) is 19.0 Å². The van der Waals surface area contributed by atoms with Gasteiger partial charge in [-0.05, 0) is 36.2 Å². The Balaban J connectivity index is 1.71. The lowest BCUT2D eigenvalue weighted by molar-refractivity contribution is -0.119. The highest BCUT2D eigenvalue weighted by molar-refractivity contribution is 7.22. The minimum Gasteiger partial charge on any atom is -0.352 e. The van der Waals surface area contributed by atoms with Crippen molar-refractivity contribution in [3.8, 4) is 0 Å². The van der Waals surface area contributed by atoms with Crippen molar-refractivity contribution in [2.24, 2.45) is 0 Å². The predicted molar refractivity (Wildman–Crippen MR) is 96.3 cm³/mol. The fourth-order valence-electron chi connectivity index (χ4n) is 2.31. The number of rotatable bonds is 4. The molecular weight excluding hydrogens is 322 g/mol. The van der Waals surface area contributed by atoms with Gasteiger partial charge in [0.1, 0.15) is 0 Å². The Morgan fingerprint density at radius 3 is 2.54 bits per heavy atom. The summed E-state index contributed by atoms with van der Waals surface area (Å²) in [7, 11) is 0. The van der Waals surface area contributed by atoms with Gasteiger partial charge in [-0.25, -0.2) is 4.98 Å². The van der Waals surface area contributed by atoms with E-state index in [1.54, 1.807) is 12.1 Å². The van der Waals surface area contributed by atoms with E-state index >= 15 is 0 Å². The molecule has 0 unspecified atom stereocenters. The first-order valence-corrected chi connectivity index (χ1v) is 8.35. The highest BCUT2D eigenvalue weighted by Crippen LogP contribution is 2.28. The van der Waals surface area contributed by atoms with E-state index in [-0.39, 0.29) is 11.8 Å². The van der Waals surface area contributed by atoms with Crippen molar-refractivity contribution in [3.63, 3.8) is 0 Å². The SMILES string of the molecule is CC(=O)NCc1ccc(C(=O)Nc2nc3c(C)cccc3s2)cc1. The van der Waals surface area contributed by atoms with Gasteiger partial charge < -0.3 is 5.32 Å². The average Bonchev–Trinajstić information content (AvgIpc) is 2.97. The molecule has 6 heteroatoms. The van der Waals surface area contributed by atoms with Gasteiger partial charge >= 0.3 is 0 Å². The predicted octanol–water partition coefficient (Wildman–Crippen LogP) is 3.49. The van der Waals surface area contributed by atoms with Gasteiger partial charge in [0.25, 0.3) is 5.91 Å². The van der Waals surface area contributed by atoms with Crippen LogP contribution in [-0.2, 0) is 11.3 Å². The van der Waals surface area contributed by atoms with Crippen LogP contribution in [0.15, 0.2) is 42.5 Å². The molecule has 0 aliphatic carbocycles. The van der Waals surface area contributed by atoms with Crippen LogP contribution < -0.4 is 10.6 Å². The summed E-state index contributed by atoms with van der Waals surface area (Å²) in [6.07, 6.45) is 0. The van der Waals surface area contributed by atoms with E-state index in [2.05, 4.69) is 15.6 Å². The highest BCUT2D eigenvalue weighted by Gasteiger charge is 2.11.